The van der Waals surface area contributed by atoms with Crippen LogP contribution in [0.1, 0.15) is 5.56 Å². The summed E-state index contributed by atoms with van der Waals surface area (Å²) in [6.45, 7) is 0.526. The van der Waals surface area contributed by atoms with Gasteiger partial charge in [-0.05, 0) is 23.8 Å². The molecule has 8 heteroatoms. The van der Waals surface area contributed by atoms with Crippen LogP contribution in [0.15, 0.2) is 57.8 Å². The Morgan fingerprint density at radius 2 is 1.88 bits per heavy atom. The van der Waals surface area contributed by atoms with Crippen molar-refractivity contribution < 1.29 is 8.42 Å². The molecular weight excluding hydrogens is 418 g/mol. The van der Waals surface area contributed by atoms with Crippen molar-refractivity contribution in [2.75, 3.05) is 23.9 Å². The van der Waals surface area contributed by atoms with Gasteiger partial charge in [0.15, 0.2) is 0 Å². The number of fused-ring (bicyclic) bond motifs is 1. The summed E-state index contributed by atoms with van der Waals surface area (Å²) >= 11 is 3.38. The Morgan fingerprint density at radius 1 is 1.15 bits per heavy atom. The molecule has 0 saturated carbocycles. The standard InChI is InChI=1S/C18H18BrN3O3S/c1-26(24,25)10-9-20-18-21-16-8-7-14(19)11-15(16)17(23)22(18)12-13-5-3-2-4-6-13/h2-8,11H,9-10,12H2,1H3,(H,20,21). The summed E-state index contributed by atoms with van der Waals surface area (Å²) in [5.74, 6) is 0.323. The highest BCUT2D eigenvalue weighted by Crippen LogP contribution is 2.18. The summed E-state index contributed by atoms with van der Waals surface area (Å²) in [4.78, 5) is 17.5. The maximum atomic E-state index is 13.0. The van der Waals surface area contributed by atoms with Gasteiger partial charge in [-0.15, -0.1) is 0 Å². The van der Waals surface area contributed by atoms with Gasteiger partial charge in [0.25, 0.3) is 5.56 Å². The van der Waals surface area contributed by atoms with Crippen molar-refractivity contribution in [2.24, 2.45) is 0 Å². The summed E-state index contributed by atoms with van der Waals surface area (Å²) in [5.41, 5.74) is 1.34. The summed E-state index contributed by atoms with van der Waals surface area (Å²) in [5, 5.41) is 3.50. The minimum absolute atomic E-state index is 0.0351. The van der Waals surface area contributed by atoms with Gasteiger partial charge in [0.1, 0.15) is 9.84 Å². The smallest absolute Gasteiger partial charge is 0.263 e. The minimum Gasteiger partial charge on any atom is -0.355 e. The van der Waals surface area contributed by atoms with E-state index < -0.39 is 9.84 Å². The molecular formula is C18H18BrN3O3S. The SMILES string of the molecule is CS(=O)(=O)CCNc1nc2ccc(Br)cc2c(=O)n1Cc1ccccc1. The second-order valence-electron chi connectivity index (χ2n) is 6.03. The summed E-state index contributed by atoms with van der Waals surface area (Å²) in [6, 6.07) is 14.9. The van der Waals surface area contributed by atoms with E-state index in [0.29, 0.717) is 23.4 Å². The molecule has 0 saturated heterocycles. The van der Waals surface area contributed by atoms with Gasteiger partial charge in [0, 0.05) is 17.3 Å². The molecule has 26 heavy (non-hydrogen) atoms. The maximum Gasteiger partial charge on any atom is 0.263 e. The number of halogens is 1. The zero-order valence-corrected chi connectivity index (χ0v) is 16.5. The van der Waals surface area contributed by atoms with Gasteiger partial charge >= 0.3 is 0 Å². The molecule has 0 spiro atoms. The first kappa shape index (κ1) is 18.6. The lowest BCUT2D eigenvalue weighted by atomic mass is 10.2. The third kappa shape index (κ3) is 4.50. The molecule has 0 aliphatic carbocycles. The molecule has 0 unspecified atom stereocenters. The molecule has 0 atom stereocenters. The zero-order valence-electron chi connectivity index (χ0n) is 14.1. The molecule has 1 aromatic heterocycles. The predicted molar refractivity (Wildman–Crippen MR) is 107 cm³/mol. The van der Waals surface area contributed by atoms with Crippen LogP contribution in [0, 0.1) is 0 Å². The van der Waals surface area contributed by atoms with Crippen LogP contribution >= 0.6 is 15.9 Å². The molecule has 0 radical (unpaired) electrons. The fourth-order valence-electron chi connectivity index (χ4n) is 2.59. The number of hydrogen-bond acceptors (Lipinski definition) is 5. The van der Waals surface area contributed by atoms with Crippen LogP contribution in [0.3, 0.4) is 0 Å². The Kier molecular flexibility index (Phi) is 5.43. The van der Waals surface area contributed by atoms with E-state index in [-0.39, 0.29) is 17.9 Å². The van der Waals surface area contributed by atoms with Crippen molar-refractivity contribution in [3.63, 3.8) is 0 Å². The highest BCUT2D eigenvalue weighted by Gasteiger charge is 2.12. The predicted octanol–water partition coefficient (Wildman–Crippen LogP) is 2.66. The molecule has 1 heterocycles. The fourth-order valence-corrected chi connectivity index (χ4v) is 3.42. The molecule has 3 rings (SSSR count). The lowest BCUT2D eigenvalue weighted by Gasteiger charge is -2.15. The van der Waals surface area contributed by atoms with Gasteiger partial charge in [-0.2, -0.15) is 0 Å². The minimum atomic E-state index is -3.11. The zero-order chi connectivity index (χ0) is 18.7. The normalized spacial score (nSPS) is 11.6. The lowest BCUT2D eigenvalue weighted by Crippen LogP contribution is -2.27. The van der Waals surface area contributed by atoms with Crippen molar-refractivity contribution in [1.29, 1.82) is 0 Å². The Bertz CT molecular complexity index is 1100. The van der Waals surface area contributed by atoms with Crippen LogP contribution in [0.25, 0.3) is 10.9 Å². The van der Waals surface area contributed by atoms with Gasteiger partial charge < -0.3 is 5.32 Å². The number of benzene rings is 2. The van der Waals surface area contributed by atoms with Crippen LogP contribution < -0.4 is 10.9 Å². The number of anilines is 1. The molecule has 136 valence electrons. The van der Waals surface area contributed by atoms with Crippen molar-refractivity contribution in [3.8, 4) is 0 Å². The summed E-state index contributed by atoms with van der Waals surface area (Å²) < 4.78 is 25.1. The van der Waals surface area contributed by atoms with Gasteiger partial charge in [0.05, 0.1) is 23.2 Å². The number of nitrogens with zero attached hydrogens (tertiary/aromatic N) is 2. The molecule has 0 aliphatic rings. The molecule has 0 amide bonds. The molecule has 1 N–H and O–H groups in total. The third-order valence-corrected chi connectivity index (χ3v) is 5.29. The average Bonchev–Trinajstić information content (AvgIpc) is 2.59. The quantitative estimate of drug-likeness (QED) is 0.643. The van der Waals surface area contributed by atoms with Gasteiger partial charge in [0.2, 0.25) is 5.95 Å². The fraction of sp³-hybridized carbons (Fsp3) is 0.222. The summed E-state index contributed by atoms with van der Waals surface area (Å²) in [6.07, 6.45) is 1.18. The number of hydrogen-bond donors (Lipinski definition) is 1. The van der Waals surface area contributed by atoms with E-state index in [0.717, 1.165) is 10.0 Å². The van der Waals surface area contributed by atoms with Crippen LogP contribution in [-0.4, -0.2) is 36.5 Å². The van der Waals surface area contributed by atoms with Crippen molar-refractivity contribution in [2.45, 2.75) is 6.54 Å². The second kappa shape index (κ2) is 7.59. The first-order valence-corrected chi connectivity index (χ1v) is 10.8. The van der Waals surface area contributed by atoms with E-state index in [1.54, 1.807) is 12.1 Å². The summed E-state index contributed by atoms with van der Waals surface area (Å²) in [7, 11) is -3.11. The van der Waals surface area contributed by atoms with E-state index >= 15 is 0 Å². The van der Waals surface area contributed by atoms with Crippen LogP contribution in [0.2, 0.25) is 0 Å². The second-order valence-corrected chi connectivity index (χ2v) is 9.21. The highest BCUT2D eigenvalue weighted by molar-refractivity contribution is 9.10. The van der Waals surface area contributed by atoms with Crippen molar-refractivity contribution in [3.05, 3.63) is 68.9 Å². The number of sulfone groups is 1. The van der Waals surface area contributed by atoms with Crippen LogP contribution in [0.5, 0.6) is 0 Å². The van der Waals surface area contributed by atoms with Gasteiger partial charge in [-0.3, -0.25) is 9.36 Å². The van der Waals surface area contributed by atoms with E-state index in [2.05, 4.69) is 26.2 Å². The molecule has 2 aromatic carbocycles. The number of aromatic nitrogens is 2. The maximum absolute atomic E-state index is 13.0. The first-order valence-electron chi connectivity index (χ1n) is 7.99. The lowest BCUT2D eigenvalue weighted by molar-refractivity contribution is 0.602. The van der Waals surface area contributed by atoms with Crippen molar-refractivity contribution in [1.82, 2.24) is 9.55 Å². The van der Waals surface area contributed by atoms with Crippen LogP contribution in [0.4, 0.5) is 5.95 Å². The van der Waals surface area contributed by atoms with E-state index in [1.807, 2.05) is 36.4 Å². The van der Waals surface area contributed by atoms with Gasteiger partial charge in [-0.25, -0.2) is 13.4 Å². The number of nitrogens with one attached hydrogen (secondary N) is 1. The van der Waals surface area contributed by atoms with Crippen molar-refractivity contribution >= 4 is 42.6 Å². The Balaban J connectivity index is 2.06. The van der Waals surface area contributed by atoms with Crippen LogP contribution in [-0.2, 0) is 16.4 Å². The Morgan fingerprint density at radius 3 is 2.58 bits per heavy atom. The molecule has 6 nitrogen and oxygen atoms in total. The Labute approximate surface area is 159 Å². The molecule has 3 aromatic rings. The largest absolute Gasteiger partial charge is 0.355 e. The topological polar surface area (TPSA) is 81.1 Å². The monoisotopic (exact) mass is 435 g/mol. The molecule has 0 bridgehead atoms. The van der Waals surface area contributed by atoms with E-state index in [4.69, 9.17) is 0 Å². The van der Waals surface area contributed by atoms with E-state index in [9.17, 15) is 13.2 Å². The van der Waals surface area contributed by atoms with E-state index in [1.165, 1.54) is 10.8 Å². The first-order chi connectivity index (χ1) is 12.3. The average molecular weight is 436 g/mol. The third-order valence-electron chi connectivity index (χ3n) is 3.86. The Hall–Kier alpha value is -2.19. The highest BCUT2D eigenvalue weighted by atomic mass is 79.9. The van der Waals surface area contributed by atoms with Gasteiger partial charge in [-0.1, -0.05) is 46.3 Å². The molecule has 0 fully saturated rings. The number of rotatable bonds is 6. The molecule has 0 aliphatic heterocycles.